The maximum atomic E-state index is 9.52. The molecule has 2 bridgehead atoms. The Kier molecular flexibility index (Phi) is 7.48. The van der Waals surface area contributed by atoms with Crippen molar-refractivity contribution < 1.29 is 0 Å². The van der Waals surface area contributed by atoms with Crippen molar-refractivity contribution in [2.45, 2.75) is 68.8 Å². The normalized spacial score (nSPS) is 24.7. The molecule has 0 saturated heterocycles. The minimum atomic E-state index is 0.371. The Bertz CT molecular complexity index is 944. The number of pyridine rings is 1. The molecule has 0 amide bonds. The van der Waals surface area contributed by atoms with E-state index in [-0.39, 0.29) is 0 Å². The molecule has 7 nitrogen and oxygen atoms in total. The minimum Gasteiger partial charge on any atom is -0.369 e. The van der Waals surface area contributed by atoms with Gasteiger partial charge in [0.05, 0.1) is 6.20 Å². The third-order valence-electron chi connectivity index (χ3n) is 6.61. The summed E-state index contributed by atoms with van der Waals surface area (Å²) in [6.45, 7) is 5.72. The van der Waals surface area contributed by atoms with E-state index in [1.54, 1.807) is 18.0 Å². The van der Waals surface area contributed by atoms with Gasteiger partial charge in [-0.3, -0.25) is 0 Å². The van der Waals surface area contributed by atoms with E-state index >= 15 is 0 Å². The van der Waals surface area contributed by atoms with Crippen LogP contribution in [-0.2, 0) is 6.54 Å². The summed E-state index contributed by atoms with van der Waals surface area (Å²) >= 11 is 1.74. The highest BCUT2D eigenvalue weighted by Crippen LogP contribution is 2.41. The molecule has 2 aromatic rings. The largest absolute Gasteiger partial charge is 0.369 e. The van der Waals surface area contributed by atoms with Gasteiger partial charge >= 0.3 is 0 Å². The second-order valence-corrected chi connectivity index (χ2v) is 10.9. The lowest BCUT2D eigenvalue weighted by Crippen LogP contribution is -2.47. The highest BCUT2D eigenvalue weighted by Gasteiger charge is 2.37. The van der Waals surface area contributed by atoms with E-state index in [1.807, 2.05) is 12.3 Å². The molecular weight excluding hydrogens is 418 g/mol. The lowest BCUT2D eigenvalue weighted by Gasteiger charge is -2.44. The fourth-order valence-electron chi connectivity index (χ4n) is 5.07. The molecule has 32 heavy (non-hydrogen) atoms. The first kappa shape index (κ1) is 22.8. The lowest BCUT2D eigenvalue weighted by atomic mass is 9.65. The third-order valence-corrected chi connectivity index (χ3v) is 7.67. The molecule has 0 aromatic carbocycles. The second-order valence-electron chi connectivity index (χ2n) is 9.30. The number of nitrogens with one attached hydrogen (secondary N) is 2. The number of nitriles is 1. The van der Waals surface area contributed by atoms with Crippen LogP contribution in [0.3, 0.4) is 0 Å². The summed E-state index contributed by atoms with van der Waals surface area (Å²) in [4.78, 5) is 13.5. The highest BCUT2D eigenvalue weighted by molar-refractivity contribution is 7.99. The zero-order valence-corrected chi connectivity index (χ0v) is 19.7. The summed E-state index contributed by atoms with van der Waals surface area (Å²) in [5, 5.41) is 17.7. The Balaban J connectivity index is 1.39. The number of thioether (sulfide) groups is 1. The maximum absolute atomic E-state index is 9.52. The molecule has 2 aliphatic rings. The van der Waals surface area contributed by atoms with Gasteiger partial charge in [-0.2, -0.15) is 10.2 Å². The molecule has 0 radical (unpaired) electrons. The number of nitrogens with two attached hydrogens (primary N) is 1. The molecule has 2 aliphatic carbocycles. The number of hydrogen-bond donors (Lipinski definition) is 3. The molecule has 2 aromatic heterocycles. The van der Waals surface area contributed by atoms with Crippen LogP contribution in [0, 0.1) is 29.1 Å². The summed E-state index contributed by atoms with van der Waals surface area (Å²) in [5.74, 6) is 2.98. The van der Waals surface area contributed by atoms with Crippen LogP contribution in [0.1, 0.15) is 57.1 Å². The lowest BCUT2D eigenvalue weighted by molar-refractivity contribution is 0.112. The van der Waals surface area contributed by atoms with E-state index < -0.39 is 0 Å². The van der Waals surface area contributed by atoms with Gasteiger partial charge in [0.2, 0.25) is 5.95 Å². The van der Waals surface area contributed by atoms with E-state index in [2.05, 4.69) is 51.6 Å². The summed E-state index contributed by atoms with van der Waals surface area (Å²) in [7, 11) is 0. The fourth-order valence-corrected chi connectivity index (χ4v) is 5.93. The van der Waals surface area contributed by atoms with Crippen molar-refractivity contribution in [3.05, 3.63) is 35.7 Å². The summed E-state index contributed by atoms with van der Waals surface area (Å²) < 4.78 is 0. The number of fused-ring (bicyclic) bond motifs is 2. The predicted molar refractivity (Wildman–Crippen MR) is 129 cm³/mol. The van der Waals surface area contributed by atoms with Gasteiger partial charge in [-0.25, -0.2) is 9.97 Å². The molecule has 0 spiro atoms. The van der Waals surface area contributed by atoms with Gasteiger partial charge in [-0.1, -0.05) is 26.3 Å². The Labute approximate surface area is 195 Å². The molecule has 2 unspecified atom stereocenters. The molecule has 4 N–H and O–H groups in total. The fraction of sp³-hybridized carbons (Fsp3) is 0.583. The van der Waals surface area contributed by atoms with Crippen LogP contribution in [0.5, 0.6) is 0 Å². The molecule has 8 heteroatoms. The first-order valence-corrected chi connectivity index (χ1v) is 12.5. The van der Waals surface area contributed by atoms with Crippen LogP contribution in [0.15, 0.2) is 29.6 Å². The predicted octanol–water partition coefficient (Wildman–Crippen LogP) is 4.42. The van der Waals surface area contributed by atoms with E-state index in [9.17, 15) is 5.26 Å². The van der Waals surface area contributed by atoms with Crippen molar-refractivity contribution in [3.8, 4) is 6.07 Å². The number of anilines is 2. The van der Waals surface area contributed by atoms with Crippen LogP contribution in [0.4, 0.5) is 11.8 Å². The van der Waals surface area contributed by atoms with Crippen LogP contribution < -0.4 is 16.4 Å². The van der Waals surface area contributed by atoms with Crippen molar-refractivity contribution in [1.29, 1.82) is 5.26 Å². The third kappa shape index (κ3) is 5.51. The number of hydrogen-bond acceptors (Lipinski definition) is 8. The molecule has 2 saturated carbocycles. The van der Waals surface area contributed by atoms with Crippen molar-refractivity contribution >= 4 is 23.5 Å². The highest BCUT2D eigenvalue weighted by atomic mass is 32.2. The van der Waals surface area contributed by atoms with E-state index in [0.29, 0.717) is 52.9 Å². The average Bonchev–Trinajstić information content (AvgIpc) is 2.77. The van der Waals surface area contributed by atoms with Crippen molar-refractivity contribution in [1.82, 2.24) is 15.0 Å². The monoisotopic (exact) mass is 451 g/mol. The molecular formula is C24H33N7S. The maximum Gasteiger partial charge on any atom is 0.224 e. The van der Waals surface area contributed by atoms with Crippen molar-refractivity contribution in [2.75, 3.05) is 17.2 Å². The zero-order valence-electron chi connectivity index (χ0n) is 18.9. The average molecular weight is 452 g/mol. The molecule has 170 valence electrons. The summed E-state index contributed by atoms with van der Waals surface area (Å²) in [5.41, 5.74) is 8.02. The van der Waals surface area contributed by atoms with Gasteiger partial charge in [-0.05, 0) is 49.5 Å². The first-order chi connectivity index (χ1) is 15.5. The number of nitrogens with zero attached hydrogens (tertiary/aromatic N) is 4. The Morgan fingerprint density at radius 2 is 2.00 bits per heavy atom. The minimum absolute atomic E-state index is 0.371. The summed E-state index contributed by atoms with van der Waals surface area (Å²) in [6.07, 6.45) is 9.57. The molecule has 2 fully saturated rings. The summed E-state index contributed by atoms with van der Waals surface area (Å²) in [6, 6.07) is 6.60. The first-order valence-electron chi connectivity index (χ1n) is 11.6. The molecule has 2 heterocycles. The quantitative estimate of drug-likeness (QED) is 0.506. The van der Waals surface area contributed by atoms with Gasteiger partial charge in [0.1, 0.15) is 22.5 Å². The van der Waals surface area contributed by atoms with Crippen LogP contribution in [0.25, 0.3) is 0 Å². The van der Waals surface area contributed by atoms with Crippen molar-refractivity contribution in [3.63, 3.8) is 0 Å². The van der Waals surface area contributed by atoms with Gasteiger partial charge < -0.3 is 16.4 Å². The number of aromatic nitrogens is 3. The topological polar surface area (TPSA) is 113 Å². The van der Waals surface area contributed by atoms with Gasteiger partial charge in [0.15, 0.2) is 0 Å². The second kappa shape index (κ2) is 10.5. The Hall–Kier alpha value is -2.37. The molecule has 4 rings (SSSR count). The molecule has 0 aliphatic heterocycles. The van der Waals surface area contributed by atoms with Crippen LogP contribution in [-0.4, -0.2) is 32.8 Å². The number of rotatable bonds is 8. The molecule has 4 atom stereocenters. The van der Waals surface area contributed by atoms with Gasteiger partial charge in [-0.15, -0.1) is 11.8 Å². The van der Waals surface area contributed by atoms with Crippen LogP contribution >= 0.6 is 11.8 Å². The Morgan fingerprint density at radius 1 is 1.22 bits per heavy atom. The zero-order chi connectivity index (χ0) is 22.5. The standard InChI is InChI=1S/C24H33N7S/c1-15(2)32-23-19(7-4-8-27-23)13-29-24-30-14-20(11-25)22(31-24)28-12-16-9-17-5-3-6-18(10-16)21(17)26/h4,7-8,14-18,21H,3,5-6,9-10,12-13,26H2,1-2H3,(H2,28,29,30,31)/t16?,17-,18+,21?. The smallest absolute Gasteiger partial charge is 0.224 e. The Morgan fingerprint density at radius 3 is 2.72 bits per heavy atom. The van der Waals surface area contributed by atoms with E-state index in [0.717, 1.165) is 17.1 Å². The van der Waals surface area contributed by atoms with E-state index in [1.165, 1.54) is 32.1 Å². The van der Waals surface area contributed by atoms with Crippen LogP contribution in [0.2, 0.25) is 0 Å². The van der Waals surface area contributed by atoms with Crippen molar-refractivity contribution in [2.24, 2.45) is 23.5 Å². The SMILES string of the molecule is CC(C)Sc1ncccc1CNc1ncc(C#N)c(NCC2C[C@H]3CCC[C@@H](C2)C3N)n1. The van der Waals surface area contributed by atoms with Gasteiger partial charge in [0, 0.05) is 36.1 Å². The van der Waals surface area contributed by atoms with E-state index in [4.69, 9.17) is 5.73 Å². The van der Waals surface area contributed by atoms with Gasteiger partial charge in [0.25, 0.3) is 0 Å².